The van der Waals surface area contributed by atoms with E-state index >= 15 is 0 Å². The van der Waals surface area contributed by atoms with Crippen LogP contribution >= 0.6 is 0 Å². The minimum absolute atomic E-state index is 0.113. The molecule has 1 atom stereocenters. The maximum absolute atomic E-state index is 10.7. The number of aliphatic hydroxyl groups excluding tert-OH is 1. The lowest BCUT2D eigenvalue weighted by atomic mass is 10.2. The Labute approximate surface area is 59.2 Å². The molecule has 1 aliphatic rings. The van der Waals surface area contributed by atoms with E-state index in [2.05, 4.69) is 5.32 Å². The summed E-state index contributed by atoms with van der Waals surface area (Å²) in [5.74, 6) is -0.326. The van der Waals surface area contributed by atoms with E-state index in [1.54, 1.807) is 0 Å². The van der Waals surface area contributed by atoms with Gasteiger partial charge in [0.1, 0.15) is 6.10 Å². The van der Waals surface area contributed by atoms with E-state index in [1.165, 1.54) is 6.92 Å². The number of ether oxygens (including phenoxy) is 1. The monoisotopic (exact) mass is 145 g/mol. The van der Waals surface area contributed by atoms with Gasteiger partial charge in [0.25, 0.3) is 0 Å². The van der Waals surface area contributed by atoms with Crippen molar-refractivity contribution in [2.24, 2.45) is 0 Å². The lowest BCUT2D eigenvalue weighted by molar-refractivity contribution is -0.132. The van der Waals surface area contributed by atoms with Gasteiger partial charge in [0.05, 0.1) is 19.3 Å². The summed E-state index contributed by atoms with van der Waals surface area (Å²) in [6.07, 6.45) is -0.916. The Morgan fingerprint density at radius 2 is 2.40 bits per heavy atom. The van der Waals surface area contributed by atoms with E-state index < -0.39 is 6.10 Å². The number of hydrogen-bond donors (Lipinski definition) is 2. The average Bonchev–Trinajstić information content (AvgIpc) is 1.77. The van der Waals surface area contributed by atoms with Gasteiger partial charge in [0, 0.05) is 0 Å². The molecule has 4 nitrogen and oxygen atoms in total. The number of carbonyl (C=O) groups is 1. The minimum Gasteiger partial charge on any atom is -0.384 e. The molecular formula is C6H11NO3. The topological polar surface area (TPSA) is 58.6 Å². The lowest BCUT2D eigenvalue weighted by Gasteiger charge is -2.27. The van der Waals surface area contributed by atoms with Gasteiger partial charge in [-0.25, -0.2) is 0 Å². The highest BCUT2D eigenvalue weighted by molar-refractivity contribution is 5.80. The van der Waals surface area contributed by atoms with Gasteiger partial charge in [-0.1, -0.05) is 0 Å². The molecule has 58 valence electrons. The van der Waals surface area contributed by atoms with E-state index in [-0.39, 0.29) is 11.9 Å². The average molecular weight is 145 g/mol. The van der Waals surface area contributed by atoms with Gasteiger partial charge in [-0.05, 0) is 6.92 Å². The summed E-state index contributed by atoms with van der Waals surface area (Å²) in [6.45, 7) is 2.58. The molecule has 0 aliphatic carbocycles. The van der Waals surface area contributed by atoms with Gasteiger partial charge >= 0.3 is 0 Å². The van der Waals surface area contributed by atoms with Gasteiger partial charge < -0.3 is 15.2 Å². The van der Waals surface area contributed by atoms with E-state index in [4.69, 9.17) is 9.84 Å². The first-order chi connectivity index (χ1) is 4.70. The maximum Gasteiger partial charge on any atom is 0.248 e. The number of nitrogens with one attached hydrogen (secondary N) is 1. The van der Waals surface area contributed by atoms with Crippen molar-refractivity contribution in [1.29, 1.82) is 0 Å². The summed E-state index contributed by atoms with van der Waals surface area (Å²) in [5, 5.41) is 11.3. The van der Waals surface area contributed by atoms with Crippen molar-refractivity contribution in [2.75, 3.05) is 13.2 Å². The molecule has 0 saturated carbocycles. The molecule has 0 aromatic carbocycles. The minimum atomic E-state index is -0.916. The lowest BCUT2D eigenvalue weighted by Crippen LogP contribution is -2.51. The van der Waals surface area contributed by atoms with Crippen LogP contribution in [0.1, 0.15) is 6.92 Å². The highest BCUT2D eigenvalue weighted by atomic mass is 16.5. The Morgan fingerprint density at radius 1 is 1.80 bits per heavy atom. The molecule has 1 heterocycles. The zero-order valence-electron chi connectivity index (χ0n) is 5.83. The molecule has 2 N–H and O–H groups in total. The molecule has 10 heavy (non-hydrogen) atoms. The molecule has 1 fully saturated rings. The predicted octanol–water partition coefficient (Wildman–Crippen LogP) is -1.12. The summed E-state index contributed by atoms with van der Waals surface area (Å²) in [4.78, 5) is 10.7. The van der Waals surface area contributed by atoms with Gasteiger partial charge in [-0.3, -0.25) is 4.79 Å². The number of amides is 1. The second-order valence-electron chi connectivity index (χ2n) is 2.42. The maximum atomic E-state index is 10.7. The summed E-state index contributed by atoms with van der Waals surface area (Å²) in [6, 6.07) is 0.113. The van der Waals surface area contributed by atoms with Crippen molar-refractivity contribution in [3.8, 4) is 0 Å². The molecule has 1 saturated heterocycles. The molecule has 1 amide bonds. The Balaban J connectivity index is 2.17. The summed E-state index contributed by atoms with van der Waals surface area (Å²) in [5.41, 5.74) is 0. The first kappa shape index (κ1) is 7.50. The quantitative estimate of drug-likeness (QED) is 0.517. The second kappa shape index (κ2) is 2.98. The summed E-state index contributed by atoms with van der Waals surface area (Å²) in [7, 11) is 0. The standard InChI is InChI=1S/C6H11NO3/c1-4(8)6(9)7-5-2-10-3-5/h4-5,8H,2-3H2,1H3,(H,7,9)/t4-/m0/s1. The van der Waals surface area contributed by atoms with Gasteiger partial charge in [0.15, 0.2) is 0 Å². The van der Waals surface area contributed by atoms with Crippen molar-refractivity contribution in [3.05, 3.63) is 0 Å². The van der Waals surface area contributed by atoms with Crippen LogP contribution in [0.5, 0.6) is 0 Å². The van der Waals surface area contributed by atoms with Crippen LogP contribution in [-0.2, 0) is 9.53 Å². The zero-order valence-corrected chi connectivity index (χ0v) is 5.83. The Morgan fingerprint density at radius 3 is 2.70 bits per heavy atom. The first-order valence-corrected chi connectivity index (χ1v) is 3.26. The summed E-state index contributed by atoms with van der Waals surface area (Å²) >= 11 is 0. The van der Waals surface area contributed by atoms with Crippen LogP contribution in [0.25, 0.3) is 0 Å². The van der Waals surface area contributed by atoms with Crippen LogP contribution in [0.15, 0.2) is 0 Å². The largest absolute Gasteiger partial charge is 0.384 e. The number of hydrogen-bond acceptors (Lipinski definition) is 3. The predicted molar refractivity (Wildman–Crippen MR) is 34.4 cm³/mol. The third kappa shape index (κ3) is 1.68. The van der Waals surface area contributed by atoms with Crippen LogP contribution in [0, 0.1) is 0 Å². The van der Waals surface area contributed by atoms with Crippen LogP contribution in [-0.4, -0.2) is 36.4 Å². The molecule has 0 aromatic rings. The molecule has 0 radical (unpaired) electrons. The van der Waals surface area contributed by atoms with Gasteiger partial charge in [-0.15, -0.1) is 0 Å². The molecule has 0 unspecified atom stereocenters. The fourth-order valence-corrected chi connectivity index (χ4v) is 0.641. The number of carbonyl (C=O) groups excluding carboxylic acids is 1. The van der Waals surface area contributed by atoms with Crippen molar-refractivity contribution in [3.63, 3.8) is 0 Å². The van der Waals surface area contributed by atoms with Crippen LogP contribution < -0.4 is 5.32 Å². The fraction of sp³-hybridized carbons (Fsp3) is 0.833. The van der Waals surface area contributed by atoms with Crippen LogP contribution in [0.3, 0.4) is 0 Å². The number of rotatable bonds is 2. The van der Waals surface area contributed by atoms with E-state index in [0.29, 0.717) is 13.2 Å². The first-order valence-electron chi connectivity index (χ1n) is 3.26. The Bertz CT molecular complexity index is 131. The molecule has 4 heteroatoms. The van der Waals surface area contributed by atoms with Crippen molar-refractivity contribution in [2.45, 2.75) is 19.1 Å². The molecule has 0 aromatic heterocycles. The summed E-state index contributed by atoms with van der Waals surface area (Å²) < 4.78 is 4.82. The molecule has 0 spiro atoms. The van der Waals surface area contributed by atoms with Crippen molar-refractivity contribution in [1.82, 2.24) is 5.32 Å². The molecular weight excluding hydrogens is 134 g/mol. The Hall–Kier alpha value is -0.610. The molecule has 0 bridgehead atoms. The third-order valence-electron chi connectivity index (χ3n) is 1.36. The highest BCUT2D eigenvalue weighted by Crippen LogP contribution is 1.99. The SMILES string of the molecule is C[C@H](O)C(=O)NC1COC1. The smallest absolute Gasteiger partial charge is 0.248 e. The van der Waals surface area contributed by atoms with E-state index in [1.807, 2.05) is 0 Å². The van der Waals surface area contributed by atoms with Crippen LogP contribution in [0.4, 0.5) is 0 Å². The van der Waals surface area contributed by atoms with Crippen molar-refractivity contribution < 1.29 is 14.6 Å². The normalized spacial score (nSPS) is 21.4. The van der Waals surface area contributed by atoms with Gasteiger partial charge in [-0.2, -0.15) is 0 Å². The van der Waals surface area contributed by atoms with E-state index in [0.717, 1.165) is 0 Å². The van der Waals surface area contributed by atoms with E-state index in [9.17, 15) is 4.79 Å². The number of aliphatic hydroxyl groups is 1. The molecule has 1 aliphatic heterocycles. The highest BCUT2D eigenvalue weighted by Gasteiger charge is 2.21. The van der Waals surface area contributed by atoms with Crippen molar-refractivity contribution >= 4 is 5.91 Å². The van der Waals surface area contributed by atoms with Crippen LogP contribution in [0.2, 0.25) is 0 Å². The Kier molecular flexibility index (Phi) is 2.24. The third-order valence-corrected chi connectivity index (χ3v) is 1.36. The fourth-order valence-electron chi connectivity index (χ4n) is 0.641. The molecule has 1 rings (SSSR count). The van der Waals surface area contributed by atoms with Gasteiger partial charge in [0.2, 0.25) is 5.91 Å². The zero-order chi connectivity index (χ0) is 7.56. The second-order valence-corrected chi connectivity index (χ2v) is 2.42.